The van der Waals surface area contributed by atoms with Gasteiger partial charge in [-0.15, -0.1) is 0 Å². The molecule has 0 saturated carbocycles. The summed E-state index contributed by atoms with van der Waals surface area (Å²) in [5.74, 6) is -1.90. The summed E-state index contributed by atoms with van der Waals surface area (Å²) in [5, 5.41) is 5.71. The lowest BCUT2D eigenvalue weighted by Gasteiger charge is -2.35. The van der Waals surface area contributed by atoms with E-state index in [1.54, 1.807) is 24.3 Å². The zero-order valence-corrected chi connectivity index (χ0v) is 25.5. The van der Waals surface area contributed by atoms with Gasteiger partial charge in [0.2, 0.25) is 0 Å². The first-order valence-electron chi connectivity index (χ1n) is 12.7. The van der Waals surface area contributed by atoms with E-state index in [1.807, 2.05) is 0 Å². The molecule has 2 N–H and O–H groups in total. The standard InChI is InChI=1S/C27H24Cl4N6O6/c1-43-25(40)19(14-37-9-8-20(34-27(37)42)33-23(38)21-15(28)4-2-5-16(21)29)32-26(41)36-12-10-35(11-13-36)24(39)22-17(30)6-3-7-18(22)31/h2-9,19H,10-14H2,1H3,(H,32,41)(H,33,34,38,42)/t19-/m0/s1. The minimum absolute atomic E-state index is 0.0168. The Hall–Kier alpha value is -3.84. The van der Waals surface area contributed by atoms with E-state index < -0.39 is 29.6 Å². The Balaban J connectivity index is 1.38. The minimum Gasteiger partial charge on any atom is -0.467 e. The number of nitrogens with one attached hydrogen (secondary N) is 2. The normalized spacial score (nSPS) is 13.7. The van der Waals surface area contributed by atoms with Crippen LogP contribution in [-0.4, -0.2) is 82.5 Å². The largest absolute Gasteiger partial charge is 0.467 e. The SMILES string of the molecule is COC(=O)[C@H](Cn1ccc(NC(=O)c2c(Cl)cccc2Cl)nc1=O)NC(=O)N1CCN(C(=O)c2c(Cl)cccc2Cl)CC1. The number of anilines is 1. The summed E-state index contributed by atoms with van der Waals surface area (Å²) in [6, 6.07) is 8.82. The third-order valence-corrected chi connectivity index (χ3v) is 7.76. The molecule has 1 aliphatic rings. The van der Waals surface area contributed by atoms with Gasteiger partial charge in [-0.1, -0.05) is 58.5 Å². The number of carbonyl (C=O) groups is 4. The maximum absolute atomic E-state index is 13.0. The van der Waals surface area contributed by atoms with E-state index in [9.17, 15) is 24.0 Å². The second-order valence-corrected chi connectivity index (χ2v) is 10.8. The van der Waals surface area contributed by atoms with Crippen LogP contribution < -0.4 is 16.3 Å². The van der Waals surface area contributed by atoms with Crippen molar-refractivity contribution in [3.63, 3.8) is 0 Å². The maximum Gasteiger partial charge on any atom is 0.349 e. The Morgan fingerprint density at radius 2 is 1.40 bits per heavy atom. The first kappa shape index (κ1) is 32.1. The van der Waals surface area contributed by atoms with Gasteiger partial charge in [0, 0.05) is 32.4 Å². The fourth-order valence-electron chi connectivity index (χ4n) is 4.26. The van der Waals surface area contributed by atoms with Gasteiger partial charge in [0.1, 0.15) is 11.9 Å². The molecule has 4 amide bonds. The van der Waals surface area contributed by atoms with E-state index in [1.165, 1.54) is 34.2 Å². The Bertz CT molecular complexity index is 1590. The molecule has 1 atom stereocenters. The number of rotatable bonds is 7. The van der Waals surface area contributed by atoms with Gasteiger partial charge in [-0.2, -0.15) is 4.98 Å². The molecular weight excluding hydrogens is 646 g/mol. The molecule has 16 heteroatoms. The van der Waals surface area contributed by atoms with Gasteiger partial charge in [0.05, 0.1) is 44.9 Å². The van der Waals surface area contributed by atoms with Crippen molar-refractivity contribution >= 4 is 76.0 Å². The van der Waals surface area contributed by atoms with E-state index in [0.29, 0.717) is 0 Å². The van der Waals surface area contributed by atoms with Crippen molar-refractivity contribution in [2.24, 2.45) is 0 Å². The number of ether oxygens (including phenoxy) is 1. The lowest BCUT2D eigenvalue weighted by molar-refractivity contribution is -0.143. The van der Waals surface area contributed by atoms with Crippen molar-refractivity contribution in [2.45, 2.75) is 12.6 Å². The Morgan fingerprint density at radius 3 is 1.93 bits per heavy atom. The van der Waals surface area contributed by atoms with Crippen LogP contribution in [0.1, 0.15) is 20.7 Å². The third-order valence-electron chi connectivity index (χ3n) is 6.50. The molecule has 1 aliphatic heterocycles. The van der Waals surface area contributed by atoms with Crippen LogP contribution in [0.3, 0.4) is 0 Å². The van der Waals surface area contributed by atoms with Crippen molar-refractivity contribution in [1.29, 1.82) is 0 Å². The van der Waals surface area contributed by atoms with E-state index in [4.69, 9.17) is 51.1 Å². The zero-order valence-electron chi connectivity index (χ0n) is 22.5. The number of aromatic nitrogens is 2. The fraction of sp³-hybridized carbons (Fsp3) is 0.259. The highest BCUT2D eigenvalue weighted by Gasteiger charge is 2.30. The highest BCUT2D eigenvalue weighted by molar-refractivity contribution is 6.40. The van der Waals surface area contributed by atoms with Crippen molar-refractivity contribution in [1.82, 2.24) is 24.7 Å². The second kappa shape index (κ2) is 14.1. The summed E-state index contributed by atoms with van der Waals surface area (Å²) < 4.78 is 5.89. The number of hydrogen-bond acceptors (Lipinski definition) is 7. The first-order valence-corrected chi connectivity index (χ1v) is 14.2. The van der Waals surface area contributed by atoms with Gasteiger partial charge in [-0.3, -0.25) is 14.2 Å². The number of halogens is 4. The number of nitrogens with zero attached hydrogens (tertiary/aromatic N) is 4. The van der Waals surface area contributed by atoms with Crippen LogP contribution in [-0.2, 0) is 16.1 Å². The van der Waals surface area contributed by atoms with E-state index >= 15 is 0 Å². The van der Waals surface area contributed by atoms with Crippen LogP contribution in [0.5, 0.6) is 0 Å². The number of amides is 4. The molecule has 1 saturated heterocycles. The van der Waals surface area contributed by atoms with Gasteiger partial charge < -0.3 is 25.2 Å². The molecule has 3 aromatic rings. The Kier molecular flexibility index (Phi) is 10.5. The summed E-state index contributed by atoms with van der Waals surface area (Å²) in [4.78, 5) is 70.5. The molecule has 1 fully saturated rings. The van der Waals surface area contributed by atoms with Crippen LogP contribution in [0.25, 0.3) is 0 Å². The molecule has 12 nitrogen and oxygen atoms in total. The summed E-state index contributed by atoms with van der Waals surface area (Å²) >= 11 is 24.4. The first-order chi connectivity index (χ1) is 20.5. The number of urea groups is 1. The molecule has 0 radical (unpaired) electrons. The van der Waals surface area contributed by atoms with Crippen LogP contribution in [0.4, 0.5) is 10.6 Å². The molecule has 2 heterocycles. The molecule has 2 aromatic carbocycles. The number of piperazine rings is 1. The highest BCUT2D eigenvalue weighted by Crippen LogP contribution is 2.27. The molecule has 226 valence electrons. The van der Waals surface area contributed by atoms with Crippen LogP contribution >= 0.6 is 46.4 Å². The van der Waals surface area contributed by atoms with E-state index in [2.05, 4.69) is 15.6 Å². The number of carbonyl (C=O) groups excluding carboxylic acids is 4. The number of hydrogen-bond donors (Lipinski definition) is 2. The van der Waals surface area contributed by atoms with Crippen molar-refractivity contribution in [3.05, 3.63) is 90.4 Å². The lowest BCUT2D eigenvalue weighted by atomic mass is 10.1. The Labute approximate surface area is 265 Å². The molecule has 0 spiro atoms. The van der Waals surface area contributed by atoms with Gasteiger partial charge in [-0.05, 0) is 30.3 Å². The van der Waals surface area contributed by atoms with Gasteiger partial charge in [0.15, 0.2) is 0 Å². The number of esters is 1. The molecule has 0 aliphatic carbocycles. The summed E-state index contributed by atoms with van der Waals surface area (Å²) in [7, 11) is 1.14. The minimum atomic E-state index is -1.25. The fourth-order valence-corrected chi connectivity index (χ4v) is 5.39. The van der Waals surface area contributed by atoms with E-state index in [0.717, 1.165) is 11.7 Å². The summed E-state index contributed by atoms with van der Waals surface area (Å²) in [6.45, 7) is 0.426. The van der Waals surface area contributed by atoms with Crippen LogP contribution in [0.2, 0.25) is 20.1 Å². The van der Waals surface area contributed by atoms with Crippen LogP contribution in [0, 0.1) is 0 Å². The van der Waals surface area contributed by atoms with Gasteiger partial charge in [0.25, 0.3) is 11.8 Å². The van der Waals surface area contributed by atoms with Gasteiger partial charge in [-0.25, -0.2) is 14.4 Å². The molecule has 4 rings (SSSR count). The quantitative estimate of drug-likeness (QED) is 0.364. The second-order valence-electron chi connectivity index (χ2n) is 9.20. The number of benzene rings is 2. The monoisotopic (exact) mass is 668 g/mol. The molecule has 1 aromatic heterocycles. The number of methoxy groups -OCH3 is 1. The van der Waals surface area contributed by atoms with E-state index in [-0.39, 0.29) is 75.7 Å². The van der Waals surface area contributed by atoms with Crippen molar-refractivity contribution in [3.8, 4) is 0 Å². The third kappa shape index (κ3) is 7.57. The highest BCUT2D eigenvalue weighted by atomic mass is 35.5. The maximum atomic E-state index is 13.0. The van der Waals surface area contributed by atoms with Gasteiger partial charge >= 0.3 is 17.7 Å². The van der Waals surface area contributed by atoms with Crippen molar-refractivity contribution in [2.75, 3.05) is 38.6 Å². The van der Waals surface area contributed by atoms with Crippen molar-refractivity contribution < 1.29 is 23.9 Å². The summed E-state index contributed by atoms with van der Waals surface area (Å²) in [6.07, 6.45) is 1.30. The predicted molar refractivity (Wildman–Crippen MR) is 161 cm³/mol. The molecular formula is C27H24Cl4N6O6. The Morgan fingerprint density at radius 1 is 0.860 bits per heavy atom. The topological polar surface area (TPSA) is 143 Å². The van der Waals surface area contributed by atoms with Crippen LogP contribution in [0.15, 0.2) is 53.5 Å². The molecule has 43 heavy (non-hydrogen) atoms. The summed E-state index contributed by atoms with van der Waals surface area (Å²) in [5.41, 5.74) is -0.605. The zero-order chi connectivity index (χ0) is 31.3. The predicted octanol–water partition coefficient (Wildman–Crippen LogP) is 3.82. The molecule has 0 unspecified atom stereocenters. The molecule has 0 bridgehead atoms. The average molecular weight is 670 g/mol. The smallest absolute Gasteiger partial charge is 0.349 e. The average Bonchev–Trinajstić information content (AvgIpc) is 2.97. The lowest BCUT2D eigenvalue weighted by Crippen LogP contribution is -2.56.